The van der Waals surface area contributed by atoms with Crippen LogP contribution < -0.4 is 10.6 Å². The lowest BCUT2D eigenvalue weighted by atomic mass is 10.0. The van der Waals surface area contributed by atoms with Crippen molar-refractivity contribution in [3.63, 3.8) is 0 Å². The van der Waals surface area contributed by atoms with Crippen LogP contribution in [0.25, 0.3) is 0 Å². The summed E-state index contributed by atoms with van der Waals surface area (Å²) < 4.78 is 0. The van der Waals surface area contributed by atoms with E-state index in [1.165, 1.54) is 25.7 Å². The maximum Gasteiger partial charge on any atom is 0.269 e. The van der Waals surface area contributed by atoms with Gasteiger partial charge in [-0.25, -0.2) is 4.98 Å². The minimum atomic E-state index is -0.0644. The third-order valence-corrected chi connectivity index (χ3v) is 3.74. The molecule has 0 radical (unpaired) electrons. The topological polar surface area (TPSA) is 54.0 Å². The summed E-state index contributed by atoms with van der Waals surface area (Å²) >= 11 is 0. The second kappa shape index (κ2) is 6.04. The van der Waals surface area contributed by atoms with E-state index in [2.05, 4.69) is 22.5 Å². The van der Waals surface area contributed by atoms with Crippen molar-refractivity contribution >= 4 is 11.6 Å². The van der Waals surface area contributed by atoms with Crippen molar-refractivity contribution in [3.05, 3.63) is 24.0 Å². The number of carbonyl (C=O) groups excluding carboxylic acids is 1. The Morgan fingerprint density at radius 3 is 2.68 bits per heavy atom. The van der Waals surface area contributed by atoms with Crippen LogP contribution in [0.4, 0.5) is 5.69 Å². The molecule has 1 saturated carbocycles. The molecule has 19 heavy (non-hydrogen) atoms. The first kappa shape index (κ1) is 13.8. The van der Waals surface area contributed by atoms with Crippen LogP contribution in [-0.4, -0.2) is 24.0 Å². The highest BCUT2D eigenvalue weighted by molar-refractivity contribution is 5.92. The molecule has 1 aliphatic carbocycles. The van der Waals surface area contributed by atoms with Gasteiger partial charge >= 0.3 is 0 Å². The molecule has 1 aromatic rings. The van der Waals surface area contributed by atoms with Gasteiger partial charge in [0.1, 0.15) is 5.69 Å². The zero-order valence-electron chi connectivity index (χ0n) is 11.8. The Hall–Kier alpha value is -1.58. The fourth-order valence-electron chi connectivity index (χ4n) is 2.42. The maximum atomic E-state index is 12.0. The van der Waals surface area contributed by atoms with Crippen LogP contribution in [0.2, 0.25) is 0 Å². The second-order valence-electron chi connectivity index (χ2n) is 5.40. The summed E-state index contributed by atoms with van der Waals surface area (Å²) in [6.07, 6.45) is 6.59. The lowest BCUT2D eigenvalue weighted by molar-refractivity contribution is 0.0939. The summed E-state index contributed by atoms with van der Waals surface area (Å²) in [5.41, 5.74) is 1.83. The molecule has 0 atom stereocenters. The van der Waals surface area contributed by atoms with Crippen LogP contribution in [0.3, 0.4) is 0 Å². The molecule has 1 fully saturated rings. The molecule has 4 heteroatoms. The Bertz CT molecular complexity index is 424. The summed E-state index contributed by atoms with van der Waals surface area (Å²) in [5, 5.41) is 6.18. The Morgan fingerprint density at radius 2 is 2.16 bits per heavy atom. The number of hydrogen-bond acceptors (Lipinski definition) is 3. The van der Waals surface area contributed by atoms with Crippen LogP contribution in [-0.2, 0) is 0 Å². The summed E-state index contributed by atoms with van der Waals surface area (Å²) in [7, 11) is 0. The summed E-state index contributed by atoms with van der Waals surface area (Å²) in [4.78, 5) is 16.2. The van der Waals surface area contributed by atoms with E-state index in [4.69, 9.17) is 0 Å². The van der Waals surface area contributed by atoms with E-state index in [0.29, 0.717) is 11.1 Å². The van der Waals surface area contributed by atoms with Gasteiger partial charge in [-0.05, 0) is 43.7 Å². The molecule has 0 saturated heterocycles. The molecule has 104 valence electrons. The van der Waals surface area contributed by atoms with Gasteiger partial charge in [0, 0.05) is 13.1 Å². The van der Waals surface area contributed by atoms with Gasteiger partial charge in [-0.15, -0.1) is 0 Å². The van der Waals surface area contributed by atoms with E-state index in [1.807, 2.05) is 13.0 Å². The fraction of sp³-hybridized carbons (Fsp3) is 0.600. The Balaban J connectivity index is 1.86. The average molecular weight is 261 g/mol. The Morgan fingerprint density at radius 1 is 1.37 bits per heavy atom. The van der Waals surface area contributed by atoms with Gasteiger partial charge in [-0.1, -0.05) is 13.3 Å². The Labute approximate surface area is 115 Å². The van der Waals surface area contributed by atoms with E-state index >= 15 is 0 Å². The van der Waals surface area contributed by atoms with Crippen molar-refractivity contribution in [3.8, 4) is 0 Å². The lowest BCUT2D eigenvalue weighted by Crippen LogP contribution is -2.30. The van der Waals surface area contributed by atoms with Gasteiger partial charge in [0.15, 0.2) is 0 Å². The highest BCUT2D eigenvalue weighted by Gasteiger charge is 2.41. The first-order chi connectivity index (χ1) is 9.19. The van der Waals surface area contributed by atoms with Gasteiger partial charge in [-0.3, -0.25) is 4.79 Å². The third kappa shape index (κ3) is 3.69. The van der Waals surface area contributed by atoms with Gasteiger partial charge in [0.2, 0.25) is 0 Å². The number of anilines is 1. The second-order valence-corrected chi connectivity index (χ2v) is 5.40. The number of pyridine rings is 1. The monoisotopic (exact) mass is 261 g/mol. The van der Waals surface area contributed by atoms with Crippen molar-refractivity contribution in [2.45, 2.75) is 39.5 Å². The van der Waals surface area contributed by atoms with E-state index in [0.717, 1.165) is 18.8 Å². The first-order valence-corrected chi connectivity index (χ1v) is 7.17. The van der Waals surface area contributed by atoms with E-state index in [-0.39, 0.29) is 5.91 Å². The SMILES string of the molecule is CCCC1(CNC(=O)c2ccc(NCC)cn2)CC1. The van der Waals surface area contributed by atoms with Crippen LogP contribution in [0.5, 0.6) is 0 Å². The van der Waals surface area contributed by atoms with Gasteiger partial charge in [-0.2, -0.15) is 0 Å². The number of nitrogens with zero attached hydrogens (tertiary/aromatic N) is 1. The fourth-order valence-corrected chi connectivity index (χ4v) is 2.42. The molecule has 1 amide bonds. The number of carbonyl (C=O) groups is 1. The summed E-state index contributed by atoms with van der Waals surface area (Å²) in [6.45, 7) is 5.87. The molecule has 0 aromatic carbocycles. The number of aromatic nitrogens is 1. The molecular formula is C15H23N3O. The smallest absolute Gasteiger partial charge is 0.269 e. The highest BCUT2D eigenvalue weighted by atomic mass is 16.1. The van der Waals surface area contributed by atoms with Crippen LogP contribution >= 0.6 is 0 Å². The molecule has 1 aromatic heterocycles. The van der Waals surface area contributed by atoms with Crippen molar-refractivity contribution in [1.82, 2.24) is 10.3 Å². The molecular weight excluding hydrogens is 238 g/mol. The zero-order valence-corrected chi connectivity index (χ0v) is 11.8. The first-order valence-electron chi connectivity index (χ1n) is 7.17. The van der Waals surface area contributed by atoms with Gasteiger partial charge in [0.05, 0.1) is 11.9 Å². The van der Waals surface area contributed by atoms with Crippen LogP contribution in [0.1, 0.15) is 50.0 Å². The standard InChI is InChI=1S/C15H23N3O/c1-3-7-15(8-9-15)11-18-14(19)13-6-5-12(10-17-13)16-4-2/h5-6,10,16H,3-4,7-9,11H2,1-2H3,(H,18,19). The summed E-state index contributed by atoms with van der Waals surface area (Å²) in [6, 6.07) is 3.66. The maximum absolute atomic E-state index is 12.0. The Kier molecular flexibility index (Phi) is 4.40. The number of amides is 1. The molecule has 0 aliphatic heterocycles. The molecule has 0 spiro atoms. The van der Waals surface area contributed by atoms with Crippen LogP contribution in [0.15, 0.2) is 18.3 Å². The predicted octanol–water partition coefficient (Wildman–Crippen LogP) is 2.82. The average Bonchev–Trinajstić information content (AvgIpc) is 3.18. The van der Waals surface area contributed by atoms with Crippen molar-refractivity contribution in [2.24, 2.45) is 5.41 Å². The summed E-state index contributed by atoms with van der Waals surface area (Å²) in [5.74, 6) is -0.0644. The van der Waals surface area contributed by atoms with Gasteiger partial charge < -0.3 is 10.6 Å². The van der Waals surface area contributed by atoms with E-state index < -0.39 is 0 Å². The molecule has 0 bridgehead atoms. The molecule has 1 heterocycles. The lowest BCUT2D eigenvalue weighted by Gasteiger charge is -2.14. The number of rotatable bonds is 7. The minimum Gasteiger partial charge on any atom is -0.384 e. The molecule has 2 N–H and O–H groups in total. The highest BCUT2D eigenvalue weighted by Crippen LogP contribution is 2.48. The van der Waals surface area contributed by atoms with Gasteiger partial charge in [0.25, 0.3) is 5.91 Å². The minimum absolute atomic E-state index is 0.0644. The zero-order chi connectivity index (χ0) is 13.7. The quantitative estimate of drug-likeness (QED) is 0.793. The van der Waals surface area contributed by atoms with Crippen molar-refractivity contribution < 1.29 is 4.79 Å². The van der Waals surface area contributed by atoms with Crippen molar-refractivity contribution in [2.75, 3.05) is 18.4 Å². The molecule has 4 nitrogen and oxygen atoms in total. The van der Waals surface area contributed by atoms with E-state index in [9.17, 15) is 4.79 Å². The molecule has 0 unspecified atom stereocenters. The largest absolute Gasteiger partial charge is 0.384 e. The number of nitrogens with one attached hydrogen (secondary N) is 2. The molecule has 2 rings (SSSR count). The molecule has 1 aliphatic rings. The van der Waals surface area contributed by atoms with Crippen LogP contribution in [0, 0.1) is 5.41 Å². The third-order valence-electron chi connectivity index (χ3n) is 3.74. The van der Waals surface area contributed by atoms with E-state index in [1.54, 1.807) is 12.3 Å². The normalized spacial score (nSPS) is 15.9. The number of hydrogen-bond donors (Lipinski definition) is 2. The van der Waals surface area contributed by atoms with Crippen molar-refractivity contribution in [1.29, 1.82) is 0 Å². The predicted molar refractivity (Wildman–Crippen MR) is 77.3 cm³/mol.